The van der Waals surface area contributed by atoms with Crippen LogP contribution in [0.4, 0.5) is 5.69 Å². The van der Waals surface area contributed by atoms with Crippen LogP contribution < -0.4 is 10.1 Å². The van der Waals surface area contributed by atoms with Crippen molar-refractivity contribution in [3.63, 3.8) is 0 Å². The first kappa shape index (κ1) is 14.8. The molecule has 23 heavy (non-hydrogen) atoms. The number of carbonyl (C=O) groups excluding carboxylic acids is 3. The molecule has 1 aliphatic heterocycles. The molecular formula is C17H14N2O4. The minimum absolute atomic E-state index is 0.326. The second kappa shape index (κ2) is 5.92. The molecule has 6 heteroatoms. The number of carbonyl (C=O) groups is 3. The van der Waals surface area contributed by atoms with Crippen molar-refractivity contribution in [1.82, 2.24) is 4.90 Å². The van der Waals surface area contributed by atoms with Crippen LogP contribution in [0.5, 0.6) is 5.75 Å². The fraction of sp³-hybridized carbons (Fsp3) is 0.118. The first-order valence-electron chi connectivity index (χ1n) is 6.99. The Morgan fingerprint density at radius 3 is 2.30 bits per heavy atom. The topological polar surface area (TPSA) is 75.7 Å². The van der Waals surface area contributed by atoms with Crippen LogP contribution in [0, 0.1) is 0 Å². The standard InChI is InChI=1S/C17H14N2O4/c1-23-12-6-4-5-11(9-12)18-15(20)10-19-16(21)13-7-2-3-8-14(13)17(19)22/h2-9H,10H2,1H3,(H,18,20). The molecule has 0 atom stereocenters. The van der Waals surface area contributed by atoms with Crippen molar-refractivity contribution in [2.24, 2.45) is 0 Å². The first-order chi connectivity index (χ1) is 11.1. The highest BCUT2D eigenvalue weighted by atomic mass is 16.5. The number of hydrogen-bond donors (Lipinski definition) is 1. The summed E-state index contributed by atoms with van der Waals surface area (Å²) in [5.74, 6) is -0.755. The van der Waals surface area contributed by atoms with Gasteiger partial charge in [-0.05, 0) is 24.3 Å². The Morgan fingerprint density at radius 2 is 1.70 bits per heavy atom. The van der Waals surface area contributed by atoms with E-state index in [1.54, 1.807) is 48.5 Å². The summed E-state index contributed by atoms with van der Waals surface area (Å²) < 4.78 is 5.08. The lowest BCUT2D eigenvalue weighted by molar-refractivity contribution is -0.116. The van der Waals surface area contributed by atoms with E-state index in [0.717, 1.165) is 4.90 Å². The lowest BCUT2D eigenvalue weighted by Gasteiger charge is -2.14. The van der Waals surface area contributed by atoms with Gasteiger partial charge < -0.3 is 10.1 Å². The van der Waals surface area contributed by atoms with Crippen molar-refractivity contribution in [2.75, 3.05) is 19.0 Å². The van der Waals surface area contributed by atoms with E-state index in [4.69, 9.17) is 4.74 Å². The predicted octanol–water partition coefficient (Wildman–Crippen LogP) is 1.93. The number of fused-ring (bicyclic) bond motifs is 1. The smallest absolute Gasteiger partial charge is 0.262 e. The number of imide groups is 1. The molecule has 0 spiro atoms. The lowest BCUT2D eigenvalue weighted by Crippen LogP contribution is -2.37. The van der Waals surface area contributed by atoms with E-state index >= 15 is 0 Å². The SMILES string of the molecule is COc1cccc(NC(=O)CN2C(=O)c3ccccc3C2=O)c1. The van der Waals surface area contributed by atoms with Gasteiger partial charge in [-0.1, -0.05) is 18.2 Å². The van der Waals surface area contributed by atoms with Gasteiger partial charge in [0.2, 0.25) is 5.91 Å². The van der Waals surface area contributed by atoms with Crippen LogP contribution >= 0.6 is 0 Å². The normalized spacial score (nSPS) is 13.0. The monoisotopic (exact) mass is 310 g/mol. The molecule has 0 unspecified atom stereocenters. The number of nitrogens with zero attached hydrogens (tertiary/aromatic N) is 1. The zero-order valence-electron chi connectivity index (χ0n) is 12.4. The Kier molecular flexibility index (Phi) is 3.80. The van der Waals surface area contributed by atoms with Crippen LogP contribution in [-0.4, -0.2) is 36.3 Å². The maximum Gasteiger partial charge on any atom is 0.262 e. The van der Waals surface area contributed by atoms with Crippen LogP contribution in [-0.2, 0) is 4.79 Å². The average molecular weight is 310 g/mol. The van der Waals surface area contributed by atoms with Crippen LogP contribution in [0.2, 0.25) is 0 Å². The largest absolute Gasteiger partial charge is 0.497 e. The summed E-state index contributed by atoms with van der Waals surface area (Å²) in [5.41, 5.74) is 1.18. The zero-order chi connectivity index (χ0) is 16.4. The van der Waals surface area contributed by atoms with Gasteiger partial charge in [0.05, 0.1) is 18.2 Å². The van der Waals surface area contributed by atoms with E-state index in [-0.39, 0.29) is 6.54 Å². The van der Waals surface area contributed by atoms with E-state index < -0.39 is 17.7 Å². The Morgan fingerprint density at radius 1 is 1.04 bits per heavy atom. The van der Waals surface area contributed by atoms with Gasteiger partial charge in [0.15, 0.2) is 0 Å². The molecule has 0 radical (unpaired) electrons. The van der Waals surface area contributed by atoms with Crippen molar-refractivity contribution in [1.29, 1.82) is 0 Å². The summed E-state index contributed by atoms with van der Waals surface area (Å²) in [5, 5.41) is 2.65. The van der Waals surface area contributed by atoms with Crippen LogP contribution in [0.3, 0.4) is 0 Å². The van der Waals surface area contributed by atoms with Crippen molar-refractivity contribution in [3.05, 3.63) is 59.7 Å². The summed E-state index contributed by atoms with van der Waals surface area (Å²) in [6.45, 7) is -0.330. The predicted molar refractivity (Wildman–Crippen MR) is 83.4 cm³/mol. The van der Waals surface area contributed by atoms with Gasteiger partial charge in [-0.15, -0.1) is 0 Å². The Bertz CT molecular complexity index is 766. The third-order valence-electron chi connectivity index (χ3n) is 3.53. The maximum absolute atomic E-state index is 12.2. The van der Waals surface area contributed by atoms with Gasteiger partial charge in [0, 0.05) is 11.8 Å². The highest BCUT2D eigenvalue weighted by Crippen LogP contribution is 2.22. The summed E-state index contributed by atoms with van der Waals surface area (Å²) >= 11 is 0. The molecule has 0 saturated heterocycles. The first-order valence-corrected chi connectivity index (χ1v) is 6.99. The number of nitrogens with one attached hydrogen (secondary N) is 1. The number of hydrogen-bond acceptors (Lipinski definition) is 4. The zero-order valence-corrected chi connectivity index (χ0v) is 12.4. The lowest BCUT2D eigenvalue weighted by atomic mass is 10.1. The summed E-state index contributed by atoms with van der Waals surface area (Å²) in [7, 11) is 1.53. The highest BCUT2D eigenvalue weighted by molar-refractivity contribution is 6.22. The molecule has 1 aliphatic rings. The maximum atomic E-state index is 12.2. The number of amides is 3. The third-order valence-corrected chi connectivity index (χ3v) is 3.53. The fourth-order valence-corrected chi connectivity index (χ4v) is 2.43. The molecule has 0 bridgehead atoms. The van der Waals surface area contributed by atoms with Crippen molar-refractivity contribution >= 4 is 23.4 Å². The van der Waals surface area contributed by atoms with Crippen molar-refractivity contribution in [3.8, 4) is 5.75 Å². The van der Waals surface area contributed by atoms with E-state index in [1.165, 1.54) is 7.11 Å². The molecule has 0 saturated carbocycles. The molecule has 0 aliphatic carbocycles. The Labute approximate surface area is 132 Å². The molecule has 6 nitrogen and oxygen atoms in total. The Balaban J connectivity index is 1.71. The molecule has 2 aromatic carbocycles. The quantitative estimate of drug-likeness (QED) is 0.876. The minimum atomic E-state index is -0.452. The number of methoxy groups -OCH3 is 1. The van der Waals surface area contributed by atoms with E-state index in [2.05, 4.69) is 5.32 Å². The minimum Gasteiger partial charge on any atom is -0.497 e. The number of anilines is 1. The van der Waals surface area contributed by atoms with Gasteiger partial charge in [-0.3, -0.25) is 19.3 Å². The summed E-state index contributed by atoms with van der Waals surface area (Å²) in [4.78, 5) is 37.5. The van der Waals surface area contributed by atoms with Crippen LogP contribution in [0.25, 0.3) is 0 Å². The van der Waals surface area contributed by atoms with E-state index in [9.17, 15) is 14.4 Å². The molecular weight excluding hydrogens is 296 g/mol. The molecule has 3 amide bonds. The third kappa shape index (κ3) is 2.78. The van der Waals surface area contributed by atoms with Gasteiger partial charge in [-0.2, -0.15) is 0 Å². The second-order valence-corrected chi connectivity index (χ2v) is 5.02. The van der Waals surface area contributed by atoms with Crippen LogP contribution in [0.15, 0.2) is 48.5 Å². The highest BCUT2D eigenvalue weighted by Gasteiger charge is 2.36. The summed E-state index contributed by atoms with van der Waals surface area (Å²) in [6, 6.07) is 13.4. The van der Waals surface area contributed by atoms with Gasteiger partial charge in [-0.25, -0.2) is 0 Å². The fourth-order valence-electron chi connectivity index (χ4n) is 2.43. The second-order valence-electron chi connectivity index (χ2n) is 5.02. The van der Waals surface area contributed by atoms with E-state index in [1.807, 2.05) is 0 Å². The van der Waals surface area contributed by atoms with Gasteiger partial charge in [0.1, 0.15) is 12.3 Å². The Hall–Kier alpha value is -3.15. The van der Waals surface area contributed by atoms with Crippen LogP contribution in [0.1, 0.15) is 20.7 Å². The molecule has 2 aromatic rings. The molecule has 1 N–H and O–H groups in total. The van der Waals surface area contributed by atoms with Crippen molar-refractivity contribution < 1.29 is 19.1 Å². The summed E-state index contributed by atoms with van der Waals surface area (Å²) in [6.07, 6.45) is 0. The van der Waals surface area contributed by atoms with Gasteiger partial charge in [0.25, 0.3) is 11.8 Å². The average Bonchev–Trinajstić information content (AvgIpc) is 2.80. The van der Waals surface area contributed by atoms with E-state index in [0.29, 0.717) is 22.6 Å². The molecule has 0 aromatic heterocycles. The number of benzene rings is 2. The molecule has 0 fully saturated rings. The number of rotatable bonds is 4. The molecule has 116 valence electrons. The van der Waals surface area contributed by atoms with Gasteiger partial charge >= 0.3 is 0 Å². The molecule has 1 heterocycles. The van der Waals surface area contributed by atoms with Crippen molar-refractivity contribution in [2.45, 2.75) is 0 Å². The number of ether oxygens (including phenoxy) is 1. The molecule has 3 rings (SSSR count).